The number of carbonyl (C=O) groups is 5. The van der Waals surface area contributed by atoms with Crippen LogP contribution >= 0.6 is 0 Å². The molecule has 0 aliphatic heterocycles. The summed E-state index contributed by atoms with van der Waals surface area (Å²) in [5.41, 5.74) is 5.47. The van der Waals surface area contributed by atoms with Gasteiger partial charge in [-0.05, 0) is 59.6 Å². The molecule has 2 aromatic rings. The number of alkyl carbamates (subject to hydrolysis) is 1. The van der Waals surface area contributed by atoms with E-state index in [1.807, 2.05) is 6.07 Å². The maximum Gasteiger partial charge on any atom is 0.408 e. The van der Waals surface area contributed by atoms with Crippen LogP contribution in [0.15, 0.2) is 54.6 Å². The van der Waals surface area contributed by atoms with Crippen LogP contribution in [0.2, 0.25) is 0 Å². The van der Waals surface area contributed by atoms with Crippen molar-refractivity contribution < 1.29 is 33.4 Å². The smallest absolute Gasteiger partial charge is 0.408 e. The zero-order valence-electron chi connectivity index (χ0n) is 26.3. The minimum atomic E-state index is -1.55. The second-order valence-corrected chi connectivity index (χ2v) is 12.3. The van der Waals surface area contributed by atoms with E-state index in [0.717, 1.165) is 16.0 Å². The van der Waals surface area contributed by atoms with Crippen molar-refractivity contribution >= 4 is 29.8 Å². The van der Waals surface area contributed by atoms with E-state index in [1.54, 1.807) is 97.0 Å². The molecule has 11 nitrogen and oxygen atoms in total. The average Bonchev–Trinajstić information content (AvgIpc) is 2.88. The lowest BCUT2D eigenvalue weighted by atomic mass is 9.99. The van der Waals surface area contributed by atoms with Gasteiger partial charge in [-0.25, -0.2) is 9.59 Å². The van der Waals surface area contributed by atoms with E-state index in [9.17, 15) is 24.0 Å². The first-order valence-corrected chi connectivity index (χ1v) is 14.1. The summed E-state index contributed by atoms with van der Waals surface area (Å²) < 4.78 is 10.8. The third-order valence-electron chi connectivity index (χ3n) is 5.93. The summed E-state index contributed by atoms with van der Waals surface area (Å²) >= 11 is 0. The van der Waals surface area contributed by atoms with Crippen LogP contribution in [0.1, 0.15) is 70.7 Å². The summed E-state index contributed by atoms with van der Waals surface area (Å²) in [6.45, 7) is 11.8. The third kappa shape index (κ3) is 11.4. The normalized spacial score (nSPS) is 13.3. The molecule has 0 aliphatic carbocycles. The van der Waals surface area contributed by atoms with Crippen LogP contribution in [0, 0.1) is 19.4 Å². The molecule has 0 bridgehead atoms. The van der Waals surface area contributed by atoms with E-state index in [1.165, 1.54) is 0 Å². The SMILES string of the molecule is C#CN(C(=O)C(CC(N)=O)NC(=O)OC(C)(C)C)C(C(=O)NC(Cc1ccccc1)C(=O)OC(C)(C)C)c1cccc(C)c1. The van der Waals surface area contributed by atoms with Crippen LogP contribution in [0.3, 0.4) is 0 Å². The molecule has 4 N–H and O–H groups in total. The van der Waals surface area contributed by atoms with Gasteiger partial charge in [-0.1, -0.05) is 66.6 Å². The van der Waals surface area contributed by atoms with Crippen LogP contribution < -0.4 is 16.4 Å². The number of ether oxygens (including phenoxy) is 2. The van der Waals surface area contributed by atoms with Crippen molar-refractivity contribution in [2.24, 2.45) is 5.73 Å². The van der Waals surface area contributed by atoms with Crippen LogP contribution in [0.25, 0.3) is 0 Å². The predicted octanol–water partition coefficient (Wildman–Crippen LogP) is 3.29. The number of esters is 1. The minimum absolute atomic E-state index is 0.0938. The molecule has 0 fully saturated rings. The summed E-state index contributed by atoms with van der Waals surface area (Å²) in [5.74, 6) is -3.34. The summed E-state index contributed by atoms with van der Waals surface area (Å²) in [6, 6.07) is 13.8. The van der Waals surface area contributed by atoms with Gasteiger partial charge in [-0.2, -0.15) is 0 Å². The molecule has 44 heavy (non-hydrogen) atoms. The largest absolute Gasteiger partial charge is 0.458 e. The number of carbonyl (C=O) groups excluding carboxylic acids is 5. The Morgan fingerprint density at radius 2 is 1.50 bits per heavy atom. The fourth-order valence-electron chi connectivity index (χ4n) is 4.21. The Kier molecular flexibility index (Phi) is 12.1. The number of rotatable bonds is 11. The van der Waals surface area contributed by atoms with Gasteiger partial charge < -0.3 is 25.8 Å². The lowest BCUT2D eigenvalue weighted by molar-refractivity contribution is -0.159. The molecule has 4 amide bonds. The highest BCUT2D eigenvalue weighted by Gasteiger charge is 2.38. The molecule has 2 aromatic carbocycles. The quantitative estimate of drug-likeness (QED) is 0.201. The van der Waals surface area contributed by atoms with Crippen LogP contribution in [0.4, 0.5) is 4.79 Å². The monoisotopic (exact) mass is 606 g/mol. The van der Waals surface area contributed by atoms with Gasteiger partial charge in [-0.3, -0.25) is 19.3 Å². The lowest BCUT2D eigenvalue weighted by Gasteiger charge is -2.31. The van der Waals surface area contributed by atoms with Gasteiger partial charge in [0, 0.05) is 12.5 Å². The Bertz CT molecular complexity index is 1390. The molecule has 0 aromatic heterocycles. The first kappa shape index (κ1) is 35.3. The topological polar surface area (TPSA) is 157 Å². The molecule has 0 radical (unpaired) electrons. The average molecular weight is 607 g/mol. The number of amides is 4. The standard InChI is InChI=1S/C33H42N4O7/c1-9-37(29(40)24(20-26(34)38)36-31(42)44-33(6,7)8)27(23-17-13-14-21(2)18-23)28(39)35-25(30(41)43-32(3,4)5)19-22-15-11-10-12-16-22/h1,10-18,24-25,27H,19-20H2,2-8H3,(H2,34,38)(H,35,39)(H,36,42). The molecule has 11 heteroatoms. The Morgan fingerprint density at radius 3 is 2.02 bits per heavy atom. The van der Waals surface area contributed by atoms with Gasteiger partial charge in [0.2, 0.25) is 11.8 Å². The number of nitrogens with two attached hydrogens (primary N) is 1. The van der Waals surface area contributed by atoms with Crippen LogP contribution in [-0.2, 0) is 35.1 Å². The predicted molar refractivity (Wildman–Crippen MR) is 164 cm³/mol. The van der Waals surface area contributed by atoms with Crippen molar-refractivity contribution in [3.05, 3.63) is 71.3 Å². The third-order valence-corrected chi connectivity index (χ3v) is 5.93. The molecule has 3 atom stereocenters. The van der Waals surface area contributed by atoms with Gasteiger partial charge in [0.25, 0.3) is 5.91 Å². The number of hydrogen-bond donors (Lipinski definition) is 3. The van der Waals surface area contributed by atoms with Crippen molar-refractivity contribution in [3.63, 3.8) is 0 Å². The minimum Gasteiger partial charge on any atom is -0.458 e. The first-order valence-electron chi connectivity index (χ1n) is 14.1. The maximum absolute atomic E-state index is 14.1. The van der Waals surface area contributed by atoms with Crippen molar-refractivity contribution in [2.45, 2.75) is 90.6 Å². The Hall–Kier alpha value is -4.85. The van der Waals surface area contributed by atoms with Crippen LogP contribution in [-0.4, -0.2) is 58.0 Å². The van der Waals surface area contributed by atoms with Gasteiger partial charge >= 0.3 is 12.1 Å². The fraction of sp³-hybridized carbons (Fsp3) is 0.424. The molecular formula is C33H42N4O7. The number of hydrogen-bond acceptors (Lipinski definition) is 7. The van der Waals surface area contributed by atoms with Crippen molar-refractivity contribution in [1.29, 1.82) is 0 Å². The van der Waals surface area contributed by atoms with E-state index >= 15 is 0 Å². The number of aryl methyl sites for hydroxylation is 1. The zero-order valence-corrected chi connectivity index (χ0v) is 26.3. The molecule has 0 heterocycles. The molecule has 236 valence electrons. The summed E-state index contributed by atoms with van der Waals surface area (Å²) in [4.78, 5) is 66.4. The van der Waals surface area contributed by atoms with E-state index in [4.69, 9.17) is 21.6 Å². The molecule has 0 saturated carbocycles. The Balaban J connectivity index is 2.54. The van der Waals surface area contributed by atoms with Crippen molar-refractivity contribution in [2.75, 3.05) is 0 Å². The zero-order chi connectivity index (χ0) is 33.2. The van der Waals surface area contributed by atoms with Crippen LogP contribution in [0.5, 0.6) is 0 Å². The highest BCUT2D eigenvalue weighted by molar-refractivity contribution is 5.96. The molecular weight excluding hydrogens is 564 g/mol. The van der Waals surface area contributed by atoms with Crippen molar-refractivity contribution in [1.82, 2.24) is 15.5 Å². The Labute approximate surface area is 258 Å². The first-order chi connectivity index (χ1) is 20.4. The summed E-state index contributed by atoms with van der Waals surface area (Å²) in [5, 5.41) is 5.06. The summed E-state index contributed by atoms with van der Waals surface area (Å²) in [6.07, 6.45) is 4.30. The Morgan fingerprint density at radius 1 is 0.886 bits per heavy atom. The summed E-state index contributed by atoms with van der Waals surface area (Å²) in [7, 11) is 0. The fourth-order valence-corrected chi connectivity index (χ4v) is 4.21. The number of nitrogens with zero attached hydrogens (tertiary/aromatic N) is 1. The van der Waals surface area contributed by atoms with Crippen molar-refractivity contribution in [3.8, 4) is 12.5 Å². The van der Waals surface area contributed by atoms with E-state index in [0.29, 0.717) is 5.56 Å². The number of primary amides is 1. The molecule has 0 spiro atoms. The highest BCUT2D eigenvalue weighted by atomic mass is 16.6. The lowest BCUT2D eigenvalue weighted by Crippen LogP contribution is -2.54. The second kappa shape index (κ2) is 15.0. The van der Waals surface area contributed by atoms with Gasteiger partial charge in [0.1, 0.15) is 29.3 Å². The molecule has 2 rings (SSSR count). The van der Waals surface area contributed by atoms with Gasteiger partial charge in [-0.15, -0.1) is 0 Å². The van der Waals surface area contributed by atoms with E-state index in [2.05, 4.69) is 16.7 Å². The number of terminal acetylenes is 1. The second-order valence-electron chi connectivity index (χ2n) is 12.3. The van der Waals surface area contributed by atoms with E-state index < -0.39 is 65.5 Å². The highest BCUT2D eigenvalue weighted by Crippen LogP contribution is 2.24. The molecule has 0 aliphatic rings. The molecule has 0 saturated heterocycles. The number of nitrogens with one attached hydrogen (secondary N) is 2. The van der Waals surface area contributed by atoms with Gasteiger partial charge in [0.15, 0.2) is 0 Å². The molecule has 3 unspecified atom stereocenters. The number of benzene rings is 2. The van der Waals surface area contributed by atoms with E-state index in [-0.39, 0.29) is 6.42 Å². The maximum atomic E-state index is 14.1. The van der Waals surface area contributed by atoms with Gasteiger partial charge in [0.05, 0.1) is 6.42 Å².